The average molecular weight is 411 g/mol. The van der Waals surface area contributed by atoms with Gasteiger partial charge in [-0.15, -0.1) is 0 Å². The minimum absolute atomic E-state index is 0.00641. The van der Waals surface area contributed by atoms with Crippen LogP contribution in [0.15, 0.2) is 54.7 Å². The number of amides is 1. The average Bonchev–Trinajstić information content (AvgIpc) is 3.56. The number of allylic oxidation sites excluding steroid dienone is 1. The van der Waals surface area contributed by atoms with Crippen LogP contribution in [-0.4, -0.2) is 34.3 Å². The maximum Gasteiger partial charge on any atom is 0.224 e. The maximum absolute atomic E-state index is 12.1. The second-order valence-electron chi connectivity index (χ2n) is 7.97. The first-order valence-electron chi connectivity index (χ1n) is 10.3. The number of hydrogen-bond donors (Lipinski definition) is 5. The van der Waals surface area contributed by atoms with Crippen molar-refractivity contribution in [2.75, 3.05) is 13.1 Å². The summed E-state index contributed by atoms with van der Waals surface area (Å²) in [6.07, 6.45) is 2.59. The van der Waals surface area contributed by atoms with Crippen molar-refractivity contribution in [3.8, 4) is 5.75 Å². The molecule has 1 atom stereocenters. The number of aliphatic hydroxyl groups excluding tert-OH is 2. The number of hydrogen-bond acceptors (Lipinski definition) is 5. The summed E-state index contributed by atoms with van der Waals surface area (Å²) in [5.41, 5.74) is 3.75. The van der Waals surface area contributed by atoms with E-state index < -0.39 is 6.10 Å². The summed E-state index contributed by atoms with van der Waals surface area (Å²) in [6.45, 7) is 4.78. The summed E-state index contributed by atoms with van der Waals surface area (Å²) in [6, 6.07) is 12.6. The number of aliphatic hydroxyl groups is 2. The molecule has 0 heterocycles. The topological polar surface area (TPSA) is 102 Å². The van der Waals surface area contributed by atoms with Gasteiger partial charge < -0.3 is 26.0 Å². The van der Waals surface area contributed by atoms with Crippen LogP contribution in [0.1, 0.15) is 41.2 Å². The summed E-state index contributed by atoms with van der Waals surface area (Å²) in [7, 11) is 0. The molecule has 2 aromatic rings. The van der Waals surface area contributed by atoms with Crippen molar-refractivity contribution in [2.45, 2.75) is 38.4 Å². The number of carbonyl (C=O) groups excluding carboxylic acids is 1. The van der Waals surface area contributed by atoms with Crippen LogP contribution in [0.3, 0.4) is 0 Å². The van der Waals surface area contributed by atoms with Gasteiger partial charge in [0.25, 0.3) is 0 Å². The lowest BCUT2D eigenvalue weighted by atomic mass is 10.0. The number of aromatic hydroxyl groups is 1. The summed E-state index contributed by atoms with van der Waals surface area (Å²) >= 11 is 0. The zero-order chi connectivity index (χ0) is 21.5. The van der Waals surface area contributed by atoms with Crippen LogP contribution in [-0.2, 0) is 24.2 Å². The van der Waals surface area contributed by atoms with Crippen LogP contribution < -0.4 is 10.6 Å². The predicted octanol–water partition coefficient (Wildman–Crippen LogP) is 2.33. The van der Waals surface area contributed by atoms with Crippen LogP contribution in [0.4, 0.5) is 0 Å². The van der Waals surface area contributed by atoms with Crippen molar-refractivity contribution >= 4 is 5.91 Å². The summed E-state index contributed by atoms with van der Waals surface area (Å²) in [5.74, 6) is 0.726. The number of phenols is 1. The van der Waals surface area contributed by atoms with E-state index >= 15 is 0 Å². The standard InChI is InChI=1S/C24H30N2O4/c1-16(25-14-23(29)20-7-8-22(28)21(12-20)15-27)9-18-3-2-4-19(10-18)11-24(30)26-13-17-5-6-17/h2-4,7-8,10,12,17,23,25,27-29H,1,5-6,9,11,13-15H2,(H,26,30)/t23-/m0/s1. The number of carbonyl (C=O) groups is 1. The highest BCUT2D eigenvalue weighted by molar-refractivity contribution is 5.78. The molecule has 3 rings (SSSR count). The quantitative estimate of drug-likeness (QED) is 0.391. The molecular formula is C24H30N2O4. The first-order valence-corrected chi connectivity index (χ1v) is 10.3. The van der Waals surface area contributed by atoms with Crippen LogP contribution in [0.5, 0.6) is 5.75 Å². The van der Waals surface area contributed by atoms with Gasteiger partial charge in [0.15, 0.2) is 0 Å². The molecule has 0 bridgehead atoms. The molecule has 1 fully saturated rings. The molecule has 1 saturated carbocycles. The third-order valence-corrected chi connectivity index (χ3v) is 5.26. The van der Waals surface area contributed by atoms with Crippen LogP contribution in [0, 0.1) is 5.92 Å². The van der Waals surface area contributed by atoms with Gasteiger partial charge in [-0.25, -0.2) is 0 Å². The Kier molecular flexibility index (Phi) is 7.49. The van der Waals surface area contributed by atoms with Crippen molar-refractivity contribution in [3.05, 3.63) is 77.0 Å². The Morgan fingerprint density at radius 1 is 1.10 bits per heavy atom. The minimum Gasteiger partial charge on any atom is -0.508 e. The molecule has 1 aliphatic rings. The Balaban J connectivity index is 1.47. The van der Waals surface area contributed by atoms with E-state index in [-0.39, 0.29) is 24.8 Å². The molecule has 0 aliphatic heterocycles. The molecule has 6 nitrogen and oxygen atoms in total. The smallest absolute Gasteiger partial charge is 0.224 e. The molecule has 1 amide bonds. The Labute approximate surface area is 177 Å². The van der Waals surface area contributed by atoms with E-state index in [1.165, 1.54) is 18.9 Å². The van der Waals surface area contributed by atoms with Crippen molar-refractivity contribution in [1.29, 1.82) is 0 Å². The van der Waals surface area contributed by atoms with Crippen LogP contribution >= 0.6 is 0 Å². The van der Waals surface area contributed by atoms with Gasteiger partial charge in [-0.05, 0) is 47.6 Å². The van der Waals surface area contributed by atoms with Crippen LogP contribution in [0.2, 0.25) is 0 Å². The summed E-state index contributed by atoms with van der Waals surface area (Å²) in [5, 5.41) is 35.4. The van der Waals surface area contributed by atoms with Gasteiger partial charge in [-0.3, -0.25) is 4.79 Å². The fourth-order valence-corrected chi connectivity index (χ4v) is 3.28. The fourth-order valence-electron chi connectivity index (χ4n) is 3.28. The molecule has 5 N–H and O–H groups in total. The second kappa shape index (κ2) is 10.3. The van der Waals surface area contributed by atoms with E-state index in [9.17, 15) is 20.1 Å². The van der Waals surface area contributed by atoms with Crippen molar-refractivity contribution in [1.82, 2.24) is 10.6 Å². The first-order chi connectivity index (χ1) is 14.4. The molecule has 0 saturated heterocycles. The number of rotatable bonds is 11. The molecule has 30 heavy (non-hydrogen) atoms. The highest BCUT2D eigenvalue weighted by atomic mass is 16.3. The SMILES string of the molecule is C=C(Cc1cccc(CC(=O)NCC2CC2)c1)NC[C@H](O)c1ccc(O)c(CO)c1. The van der Waals surface area contributed by atoms with Gasteiger partial charge in [0.1, 0.15) is 5.75 Å². The predicted molar refractivity (Wildman–Crippen MR) is 116 cm³/mol. The number of benzene rings is 2. The minimum atomic E-state index is -0.797. The van der Waals surface area contributed by atoms with E-state index in [1.54, 1.807) is 12.1 Å². The van der Waals surface area contributed by atoms with Gasteiger partial charge in [-0.2, -0.15) is 0 Å². The van der Waals surface area contributed by atoms with E-state index in [4.69, 9.17) is 0 Å². The molecule has 0 radical (unpaired) electrons. The van der Waals surface area contributed by atoms with Gasteiger partial charge in [0, 0.05) is 30.8 Å². The van der Waals surface area contributed by atoms with Gasteiger partial charge in [-0.1, -0.05) is 36.9 Å². The number of nitrogens with one attached hydrogen (secondary N) is 2. The summed E-state index contributed by atoms with van der Waals surface area (Å²) in [4.78, 5) is 12.1. The second-order valence-corrected chi connectivity index (χ2v) is 7.97. The summed E-state index contributed by atoms with van der Waals surface area (Å²) < 4.78 is 0. The molecule has 160 valence electrons. The first kappa shape index (κ1) is 21.9. The maximum atomic E-state index is 12.1. The Hall–Kier alpha value is -2.83. The molecule has 0 spiro atoms. The normalized spacial score (nSPS) is 14.2. The molecule has 2 aromatic carbocycles. The molecular weight excluding hydrogens is 380 g/mol. The van der Waals surface area contributed by atoms with Gasteiger partial charge in [0.2, 0.25) is 5.91 Å². The van der Waals surface area contributed by atoms with E-state index in [0.29, 0.717) is 29.9 Å². The Morgan fingerprint density at radius 2 is 1.83 bits per heavy atom. The lowest BCUT2D eigenvalue weighted by Gasteiger charge is -2.16. The Bertz CT molecular complexity index is 893. The zero-order valence-electron chi connectivity index (χ0n) is 17.1. The fraction of sp³-hybridized carbons (Fsp3) is 0.375. The Morgan fingerprint density at radius 3 is 2.53 bits per heavy atom. The largest absolute Gasteiger partial charge is 0.508 e. The van der Waals surface area contributed by atoms with E-state index in [1.807, 2.05) is 24.3 Å². The highest BCUT2D eigenvalue weighted by Crippen LogP contribution is 2.27. The monoisotopic (exact) mass is 410 g/mol. The van der Waals surface area contributed by atoms with Gasteiger partial charge in [0.05, 0.1) is 19.1 Å². The lowest BCUT2D eigenvalue weighted by molar-refractivity contribution is -0.120. The third-order valence-electron chi connectivity index (χ3n) is 5.26. The zero-order valence-corrected chi connectivity index (χ0v) is 17.1. The molecule has 0 unspecified atom stereocenters. The lowest BCUT2D eigenvalue weighted by Crippen LogP contribution is -2.27. The van der Waals surface area contributed by atoms with Crippen LogP contribution in [0.25, 0.3) is 0 Å². The highest BCUT2D eigenvalue weighted by Gasteiger charge is 2.21. The van der Waals surface area contributed by atoms with Gasteiger partial charge >= 0.3 is 0 Å². The van der Waals surface area contributed by atoms with E-state index in [0.717, 1.165) is 23.4 Å². The van der Waals surface area contributed by atoms with Crippen molar-refractivity contribution in [2.24, 2.45) is 5.92 Å². The third kappa shape index (κ3) is 6.61. The molecule has 1 aliphatic carbocycles. The van der Waals surface area contributed by atoms with E-state index in [2.05, 4.69) is 17.2 Å². The molecule has 0 aromatic heterocycles. The van der Waals surface area contributed by atoms with Crippen molar-refractivity contribution < 1.29 is 20.1 Å². The molecule has 6 heteroatoms. The van der Waals surface area contributed by atoms with Crippen molar-refractivity contribution in [3.63, 3.8) is 0 Å².